The second-order valence-corrected chi connectivity index (χ2v) is 11.3. The predicted octanol–water partition coefficient (Wildman–Crippen LogP) is 1.08. The molecule has 0 amide bonds. The standard InChI is InChI=1S/C28H30FN7O5/c29-19-12-36(28(40)31-27(19)39)25-10-23(37)24(41-25)14-35-13-21(32-33-35)18-11-34-8-6-15(18)9-22(34)26(38)17-5-7-30-20-4-2-1-3-16(17)20/h1-5,7,12-13,15,18,22-26,37-38H,6,8-11,14H2,(H,31,39,40)/t15?,18?,22-,23?,24?,25?,26+/m1/s1. The Morgan fingerprint density at radius 1 is 1.17 bits per heavy atom. The van der Waals surface area contributed by atoms with E-state index in [0.29, 0.717) is 5.92 Å². The lowest BCUT2D eigenvalue weighted by molar-refractivity contribution is -0.0382. The summed E-state index contributed by atoms with van der Waals surface area (Å²) in [5.41, 5.74) is 0.715. The highest BCUT2D eigenvalue weighted by Crippen LogP contribution is 2.45. The number of aliphatic hydroxyl groups excluding tert-OH is 2. The Morgan fingerprint density at radius 2 is 2.02 bits per heavy atom. The smallest absolute Gasteiger partial charge is 0.330 e. The predicted molar refractivity (Wildman–Crippen MR) is 143 cm³/mol. The van der Waals surface area contributed by atoms with Gasteiger partial charge in [-0.1, -0.05) is 23.4 Å². The molecule has 3 N–H and O–H groups in total. The van der Waals surface area contributed by atoms with Crippen LogP contribution >= 0.6 is 0 Å². The van der Waals surface area contributed by atoms with Gasteiger partial charge in [-0.3, -0.25) is 24.2 Å². The Labute approximate surface area is 233 Å². The lowest BCUT2D eigenvalue weighted by Gasteiger charge is -2.50. The van der Waals surface area contributed by atoms with Gasteiger partial charge < -0.3 is 14.9 Å². The molecule has 7 heterocycles. The molecule has 214 valence electrons. The number of piperidine rings is 3. The molecule has 8 atom stereocenters. The number of aromatic nitrogens is 6. The minimum Gasteiger partial charge on any atom is -0.390 e. The molecule has 13 heteroatoms. The zero-order valence-corrected chi connectivity index (χ0v) is 22.1. The van der Waals surface area contributed by atoms with Gasteiger partial charge in [0.05, 0.1) is 36.2 Å². The topological polar surface area (TPSA) is 151 Å². The molecule has 4 aliphatic rings. The van der Waals surface area contributed by atoms with E-state index in [1.54, 1.807) is 10.9 Å². The van der Waals surface area contributed by atoms with E-state index in [1.807, 2.05) is 41.5 Å². The van der Waals surface area contributed by atoms with E-state index < -0.39 is 41.6 Å². The fourth-order valence-electron chi connectivity index (χ4n) is 6.80. The molecule has 0 spiro atoms. The van der Waals surface area contributed by atoms with Crippen LogP contribution < -0.4 is 11.2 Å². The summed E-state index contributed by atoms with van der Waals surface area (Å²) in [6, 6.07) is 9.79. The number of ether oxygens (including phenoxy) is 1. The van der Waals surface area contributed by atoms with Crippen molar-refractivity contribution < 1.29 is 19.3 Å². The summed E-state index contributed by atoms with van der Waals surface area (Å²) in [6.07, 6.45) is 3.17. The summed E-state index contributed by atoms with van der Waals surface area (Å²) in [6.45, 7) is 1.87. The zero-order chi connectivity index (χ0) is 28.2. The third-order valence-corrected chi connectivity index (χ3v) is 8.91. The van der Waals surface area contributed by atoms with Gasteiger partial charge >= 0.3 is 5.69 Å². The summed E-state index contributed by atoms with van der Waals surface area (Å²) in [5.74, 6) is -0.592. The van der Waals surface area contributed by atoms with Gasteiger partial charge in [0.1, 0.15) is 12.3 Å². The fourth-order valence-corrected chi connectivity index (χ4v) is 6.80. The van der Waals surface area contributed by atoms with Crippen LogP contribution in [0.1, 0.15) is 48.8 Å². The number of aliphatic hydroxyl groups is 2. The first-order chi connectivity index (χ1) is 19.9. The SMILES string of the molecule is O=c1[nH]c(=O)n(C2CC(O)C(Cn3cc(C4C[N@@]5CCC4C[C@@H]5[C@@H](O)c4ccnc5ccccc45)nn3)O2)cc1F. The van der Waals surface area contributed by atoms with Gasteiger partial charge in [-0.05, 0) is 43.0 Å². The number of hydrogen-bond acceptors (Lipinski definition) is 9. The molecule has 1 aromatic carbocycles. The Balaban J connectivity index is 1.03. The van der Waals surface area contributed by atoms with E-state index in [1.165, 1.54) is 0 Å². The highest BCUT2D eigenvalue weighted by Gasteiger charge is 2.45. The second kappa shape index (κ2) is 10.2. The van der Waals surface area contributed by atoms with Crippen LogP contribution in [-0.4, -0.2) is 76.0 Å². The van der Waals surface area contributed by atoms with Crippen molar-refractivity contribution >= 4 is 10.9 Å². The number of nitrogens with zero attached hydrogens (tertiary/aromatic N) is 6. The number of nitrogens with one attached hydrogen (secondary N) is 1. The minimum atomic E-state index is -1.10. The Morgan fingerprint density at radius 3 is 2.85 bits per heavy atom. The number of rotatable bonds is 6. The van der Waals surface area contributed by atoms with Gasteiger partial charge in [0.25, 0.3) is 5.56 Å². The number of pyridine rings is 1. The van der Waals surface area contributed by atoms with Crippen LogP contribution in [0, 0.1) is 11.7 Å². The maximum Gasteiger partial charge on any atom is 0.330 e. The number of H-pyrrole nitrogens is 1. The van der Waals surface area contributed by atoms with Crippen molar-refractivity contribution in [3.05, 3.63) is 86.8 Å². The lowest BCUT2D eigenvalue weighted by Crippen LogP contribution is -2.54. The van der Waals surface area contributed by atoms with Crippen molar-refractivity contribution in [1.82, 2.24) is 34.4 Å². The fraction of sp³-hybridized carbons (Fsp3) is 0.464. The molecule has 4 aromatic rings. The van der Waals surface area contributed by atoms with Crippen molar-refractivity contribution in [3.8, 4) is 0 Å². The molecule has 0 aliphatic carbocycles. The first kappa shape index (κ1) is 26.1. The van der Waals surface area contributed by atoms with Gasteiger partial charge in [-0.25, -0.2) is 9.48 Å². The average molecular weight is 564 g/mol. The monoisotopic (exact) mass is 563 g/mol. The van der Waals surface area contributed by atoms with Crippen LogP contribution in [0.3, 0.4) is 0 Å². The molecule has 4 fully saturated rings. The van der Waals surface area contributed by atoms with E-state index in [-0.39, 0.29) is 24.9 Å². The van der Waals surface area contributed by atoms with Gasteiger partial charge in [0.15, 0.2) is 0 Å². The van der Waals surface area contributed by atoms with Crippen molar-refractivity contribution in [2.24, 2.45) is 5.92 Å². The minimum absolute atomic E-state index is 0.00554. The van der Waals surface area contributed by atoms with E-state index in [0.717, 1.165) is 58.9 Å². The quantitative estimate of drug-likeness (QED) is 0.313. The molecule has 3 aromatic heterocycles. The average Bonchev–Trinajstić information content (AvgIpc) is 3.61. The molecule has 4 saturated heterocycles. The molecule has 0 saturated carbocycles. The normalized spacial score (nSPS) is 30.2. The lowest BCUT2D eigenvalue weighted by atomic mass is 9.72. The van der Waals surface area contributed by atoms with Crippen LogP contribution in [0.4, 0.5) is 4.39 Å². The van der Waals surface area contributed by atoms with Crippen LogP contribution in [0.5, 0.6) is 0 Å². The highest BCUT2D eigenvalue weighted by atomic mass is 19.1. The van der Waals surface area contributed by atoms with Gasteiger partial charge in [-0.2, -0.15) is 4.39 Å². The van der Waals surface area contributed by atoms with Crippen molar-refractivity contribution in [2.75, 3.05) is 13.1 Å². The molecule has 12 nitrogen and oxygen atoms in total. The number of para-hydroxylation sites is 1. The Bertz CT molecular complexity index is 1700. The maximum atomic E-state index is 13.8. The number of benzene rings is 1. The molecule has 8 rings (SSSR count). The first-order valence-corrected chi connectivity index (χ1v) is 13.9. The molecule has 2 bridgehead atoms. The number of halogens is 1. The Kier molecular flexibility index (Phi) is 6.53. The van der Waals surface area contributed by atoms with Crippen LogP contribution in [0.15, 0.2) is 58.5 Å². The largest absolute Gasteiger partial charge is 0.390 e. The third-order valence-electron chi connectivity index (χ3n) is 8.91. The number of hydrogen-bond donors (Lipinski definition) is 3. The summed E-state index contributed by atoms with van der Waals surface area (Å²) in [7, 11) is 0. The van der Waals surface area contributed by atoms with E-state index in [4.69, 9.17) is 4.74 Å². The molecule has 0 radical (unpaired) electrons. The van der Waals surface area contributed by atoms with E-state index in [2.05, 4.69) is 20.2 Å². The summed E-state index contributed by atoms with van der Waals surface area (Å²) >= 11 is 0. The van der Waals surface area contributed by atoms with Gasteiger partial charge in [0, 0.05) is 42.7 Å². The van der Waals surface area contributed by atoms with Crippen LogP contribution in [-0.2, 0) is 11.3 Å². The first-order valence-electron chi connectivity index (χ1n) is 13.9. The molecule has 5 unspecified atom stereocenters. The van der Waals surface area contributed by atoms with Gasteiger partial charge in [0.2, 0.25) is 5.82 Å². The number of fused-ring (bicyclic) bond motifs is 4. The Hall–Kier alpha value is -3.78. The van der Waals surface area contributed by atoms with Crippen LogP contribution in [0.2, 0.25) is 0 Å². The van der Waals surface area contributed by atoms with Crippen molar-refractivity contribution in [3.63, 3.8) is 0 Å². The molecule has 4 aliphatic heterocycles. The third kappa shape index (κ3) is 4.68. The summed E-state index contributed by atoms with van der Waals surface area (Å²) < 4.78 is 22.2. The number of aromatic amines is 1. The van der Waals surface area contributed by atoms with Gasteiger partial charge in [-0.15, -0.1) is 5.10 Å². The zero-order valence-electron chi connectivity index (χ0n) is 22.1. The highest BCUT2D eigenvalue weighted by molar-refractivity contribution is 5.82. The maximum absolute atomic E-state index is 13.8. The van der Waals surface area contributed by atoms with E-state index >= 15 is 0 Å². The summed E-state index contributed by atoms with van der Waals surface area (Å²) in [5, 5.41) is 31.7. The van der Waals surface area contributed by atoms with Crippen molar-refractivity contribution in [2.45, 2.75) is 62.3 Å². The summed E-state index contributed by atoms with van der Waals surface area (Å²) in [4.78, 5) is 32.2. The molecule has 41 heavy (non-hydrogen) atoms. The van der Waals surface area contributed by atoms with Crippen LogP contribution in [0.25, 0.3) is 10.9 Å². The second-order valence-electron chi connectivity index (χ2n) is 11.3. The molecular formula is C28H30FN7O5. The van der Waals surface area contributed by atoms with Crippen molar-refractivity contribution in [1.29, 1.82) is 0 Å². The molecular weight excluding hydrogens is 533 g/mol. The van der Waals surface area contributed by atoms with E-state index in [9.17, 15) is 24.2 Å².